The van der Waals surface area contributed by atoms with Gasteiger partial charge in [-0.05, 0) is 6.92 Å². The Morgan fingerprint density at radius 1 is 1.44 bits per heavy atom. The molecule has 0 aromatic carbocycles. The molecule has 1 aliphatic heterocycles. The molecule has 0 spiro atoms. The van der Waals surface area contributed by atoms with Gasteiger partial charge in [0, 0.05) is 18.4 Å². The quantitative estimate of drug-likeness (QED) is 0.188. The molecule has 1 heterocycles. The first kappa shape index (κ1) is 15.7. The number of nitrogens with one attached hydrogen (secondary N) is 1. The summed E-state index contributed by atoms with van der Waals surface area (Å²) < 4.78 is 4.59. The Morgan fingerprint density at radius 3 is 2.33 bits per heavy atom. The maximum absolute atomic E-state index is 10.6. The van der Waals surface area contributed by atoms with Crippen molar-refractivity contribution in [3.8, 4) is 0 Å². The zero-order chi connectivity index (χ0) is 14.0. The number of nitrogens with zero attached hydrogens (tertiary/aromatic N) is 1. The van der Waals surface area contributed by atoms with Gasteiger partial charge in [0.15, 0.2) is 0 Å². The maximum Gasteiger partial charge on any atom is 0.333 e. The zero-order valence-corrected chi connectivity index (χ0v) is 10.0. The summed E-state index contributed by atoms with van der Waals surface area (Å²) >= 11 is 0. The minimum absolute atomic E-state index is 0.0981. The summed E-state index contributed by atoms with van der Waals surface area (Å²) in [5.41, 5.74) is 0.333. The highest BCUT2D eigenvalue weighted by atomic mass is 16.5. The predicted octanol–water partition coefficient (Wildman–Crippen LogP) is -0.136. The van der Waals surface area contributed by atoms with Crippen molar-refractivity contribution in [3.63, 3.8) is 0 Å². The van der Waals surface area contributed by atoms with E-state index in [9.17, 15) is 19.2 Å². The molecule has 1 fully saturated rings. The van der Waals surface area contributed by atoms with Crippen LogP contribution >= 0.6 is 0 Å². The van der Waals surface area contributed by atoms with Gasteiger partial charge in [-0.3, -0.25) is 14.9 Å². The van der Waals surface area contributed by atoms with Crippen LogP contribution in [0.2, 0.25) is 0 Å². The first-order valence-electron chi connectivity index (χ1n) is 5.16. The topological polar surface area (TPSA) is 102 Å². The molecular weight excluding hydrogens is 240 g/mol. The summed E-state index contributed by atoms with van der Waals surface area (Å²) in [4.78, 5) is 43.6. The summed E-state index contributed by atoms with van der Waals surface area (Å²) in [7, 11) is 0. The second-order valence-corrected chi connectivity index (χ2v) is 3.36. The lowest BCUT2D eigenvalue weighted by Gasteiger charge is -1.99. The molecule has 2 amide bonds. The number of imide groups is 1. The fourth-order valence-electron chi connectivity index (χ4n) is 0.860. The van der Waals surface area contributed by atoms with Crippen LogP contribution in [0, 0.1) is 0 Å². The summed E-state index contributed by atoms with van der Waals surface area (Å²) in [5, 5.41) is 2.14. The lowest BCUT2D eigenvalue weighted by Crippen LogP contribution is -2.18. The van der Waals surface area contributed by atoms with Crippen molar-refractivity contribution < 1.29 is 23.9 Å². The van der Waals surface area contributed by atoms with Crippen LogP contribution < -0.4 is 5.32 Å². The highest BCUT2D eigenvalue weighted by Crippen LogP contribution is 1.95. The molecule has 7 heteroatoms. The molecule has 0 bridgehead atoms. The standard InChI is InChI=1S/C7H9NO3.C4H5NO2/c1-6(2)7(10)11-4-3-8-5-9;6-3-1-2-4(7)5-3/h1,3-4H2,2H3;1-2H2,(H,5,6,7). The predicted molar refractivity (Wildman–Crippen MR) is 61.1 cm³/mol. The third kappa shape index (κ3) is 7.95. The maximum atomic E-state index is 10.6. The van der Waals surface area contributed by atoms with Crippen molar-refractivity contribution in [2.45, 2.75) is 19.8 Å². The molecule has 0 aromatic heterocycles. The summed E-state index contributed by atoms with van der Waals surface area (Å²) in [6.45, 7) is 5.17. The summed E-state index contributed by atoms with van der Waals surface area (Å²) in [5.74, 6) is -0.763. The Morgan fingerprint density at radius 2 is 2.00 bits per heavy atom. The fourth-order valence-corrected chi connectivity index (χ4v) is 0.860. The van der Waals surface area contributed by atoms with Gasteiger partial charge in [-0.25, -0.2) is 14.6 Å². The van der Waals surface area contributed by atoms with Gasteiger partial charge in [0.05, 0.1) is 6.54 Å². The van der Waals surface area contributed by atoms with Crippen LogP contribution in [0.5, 0.6) is 0 Å². The molecule has 1 N–H and O–H groups in total. The summed E-state index contributed by atoms with van der Waals surface area (Å²) in [6, 6.07) is 0. The largest absolute Gasteiger partial charge is 0.460 e. The van der Waals surface area contributed by atoms with Crippen molar-refractivity contribution in [2.75, 3.05) is 13.2 Å². The van der Waals surface area contributed by atoms with E-state index in [2.05, 4.69) is 21.6 Å². The Kier molecular flexibility index (Phi) is 7.72. The van der Waals surface area contributed by atoms with Crippen molar-refractivity contribution in [2.24, 2.45) is 4.99 Å². The smallest absolute Gasteiger partial charge is 0.333 e. The molecule has 1 rings (SSSR count). The third-order valence-corrected chi connectivity index (χ3v) is 1.71. The number of rotatable bonds is 4. The summed E-state index contributed by atoms with van der Waals surface area (Å²) in [6.07, 6.45) is 2.08. The van der Waals surface area contributed by atoms with Gasteiger partial charge in [0.25, 0.3) is 0 Å². The molecule has 0 radical (unpaired) electrons. The second-order valence-electron chi connectivity index (χ2n) is 3.36. The van der Waals surface area contributed by atoms with Crippen LogP contribution in [0.4, 0.5) is 0 Å². The minimum Gasteiger partial charge on any atom is -0.460 e. The zero-order valence-electron chi connectivity index (χ0n) is 10.0. The highest BCUT2D eigenvalue weighted by molar-refractivity contribution is 6.01. The molecule has 1 saturated heterocycles. The Hall–Kier alpha value is -2.27. The molecule has 0 aromatic rings. The van der Waals surface area contributed by atoms with E-state index >= 15 is 0 Å². The van der Waals surface area contributed by atoms with Crippen LogP contribution in [0.3, 0.4) is 0 Å². The number of isocyanates is 1. The van der Waals surface area contributed by atoms with Crippen molar-refractivity contribution >= 4 is 23.9 Å². The molecule has 0 aliphatic carbocycles. The second kappa shape index (κ2) is 8.83. The Bertz CT molecular complexity index is 382. The Labute approximate surface area is 104 Å². The van der Waals surface area contributed by atoms with Gasteiger partial charge >= 0.3 is 5.97 Å². The van der Waals surface area contributed by atoms with Gasteiger partial charge in [0.1, 0.15) is 6.61 Å². The minimum atomic E-state index is -0.467. The van der Waals surface area contributed by atoms with Crippen LogP contribution in [-0.4, -0.2) is 37.0 Å². The molecule has 0 atom stereocenters. The molecule has 98 valence electrons. The molecular formula is C11H14N2O5. The van der Waals surface area contributed by atoms with Gasteiger partial charge < -0.3 is 4.74 Å². The fraction of sp³-hybridized carbons (Fsp3) is 0.455. The van der Waals surface area contributed by atoms with E-state index in [-0.39, 0.29) is 25.0 Å². The van der Waals surface area contributed by atoms with Crippen molar-refractivity contribution in [1.29, 1.82) is 0 Å². The van der Waals surface area contributed by atoms with Crippen molar-refractivity contribution in [3.05, 3.63) is 12.2 Å². The molecule has 0 unspecified atom stereocenters. The van der Waals surface area contributed by atoms with Crippen LogP contribution in [-0.2, 0) is 23.9 Å². The number of esters is 1. The number of hydrogen-bond donors (Lipinski definition) is 1. The van der Waals surface area contributed by atoms with E-state index in [0.29, 0.717) is 18.4 Å². The van der Waals surface area contributed by atoms with E-state index in [1.807, 2.05) is 0 Å². The van der Waals surface area contributed by atoms with Crippen LogP contribution in [0.25, 0.3) is 0 Å². The lowest BCUT2D eigenvalue weighted by molar-refractivity contribution is -0.138. The lowest BCUT2D eigenvalue weighted by atomic mass is 10.4. The third-order valence-electron chi connectivity index (χ3n) is 1.71. The van der Waals surface area contributed by atoms with Gasteiger partial charge in [-0.15, -0.1) is 0 Å². The van der Waals surface area contributed by atoms with E-state index < -0.39 is 5.97 Å². The van der Waals surface area contributed by atoms with Gasteiger partial charge in [-0.1, -0.05) is 6.58 Å². The number of ether oxygens (including phenoxy) is 1. The highest BCUT2D eigenvalue weighted by Gasteiger charge is 2.15. The number of hydrogen-bond acceptors (Lipinski definition) is 6. The SMILES string of the molecule is C=C(C)C(=O)OCCN=C=O.O=C1CCC(=O)N1. The number of carbonyl (C=O) groups excluding carboxylic acids is 4. The number of carbonyl (C=O) groups is 3. The van der Waals surface area contributed by atoms with E-state index in [4.69, 9.17) is 0 Å². The molecule has 1 aliphatic rings. The van der Waals surface area contributed by atoms with Gasteiger partial charge in [-0.2, -0.15) is 0 Å². The Balaban J connectivity index is 0.000000351. The average Bonchev–Trinajstić information content (AvgIpc) is 2.69. The number of amides is 2. The first-order chi connectivity index (χ1) is 8.47. The molecule has 18 heavy (non-hydrogen) atoms. The molecule has 0 saturated carbocycles. The average molecular weight is 254 g/mol. The van der Waals surface area contributed by atoms with E-state index in [1.165, 1.54) is 6.08 Å². The number of aliphatic imine (C=N–C) groups is 1. The van der Waals surface area contributed by atoms with Crippen molar-refractivity contribution in [1.82, 2.24) is 5.32 Å². The normalized spacial score (nSPS) is 12.7. The molecule has 7 nitrogen and oxygen atoms in total. The van der Waals surface area contributed by atoms with Crippen LogP contribution in [0.15, 0.2) is 17.1 Å². The van der Waals surface area contributed by atoms with Crippen LogP contribution in [0.1, 0.15) is 19.8 Å². The monoisotopic (exact) mass is 254 g/mol. The first-order valence-corrected chi connectivity index (χ1v) is 5.16. The van der Waals surface area contributed by atoms with Gasteiger partial charge in [0.2, 0.25) is 17.9 Å². The van der Waals surface area contributed by atoms with E-state index in [1.54, 1.807) is 6.92 Å². The van der Waals surface area contributed by atoms with E-state index in [0.717, 1.165) is 0 Å².